The maximum Gasteiger partial charge on any atom is 0.407 e. The van der Waals surface area contributed by atoms with Gasteiger partial charge < -0.3 is 25.2 Å². The minimum atomic E-state index is -0.608. The van der Waals surface area contributed by atoms with Crippen LogP contribution in [0.5, 0.6) is 0 Å². The Labute approximate surface area is 127 Å². The molecule has 122 valence electrons. The lowest BCUT2D eigenvalue weighted by Gasteiger charge is -2.45. The minimum absolute atomic E-state index is 0.0207. The fraction of sp³-hybridized carbons (Fsp3) is 0.857. The molecule has 7 nitrogen and oxygen atoms in total. The zero-order valence-corrected chi connectivity index (χ0v) is 13.7. The van der Waals surface area contributed by atoms with E-state index in [4.69, 9.17) is 0 Å². The van der Waals surface area contributed by atoms with Gasteiger partial charge in [0.25, 0.3) is 0 Å². The molecule has 7 heteroatoms. The highest BCUT2D eigenvalue weighted by Crippen LogP contribution is 2.25. The number of nitrogens with zero attached hydrogens (tertiary/aromatic N) is 2. The van der Waals surface area contributed by atoms with Crippen molar-refractivity contribution in [1.29, 1.82) is 0 Å². The second-order valence-electron chi connectivity index (χ2n) is 6.00. The maximum absolute atomic E-state index is 12.1. The Kier molecular flexibility index (Phi) is 6.42. The molecule has 2 amide bonds. The van der Waals surface area contributed by atoms with E-state index in [1.54, 1.807) is 6.92 Å². The van der Waals surface area contributed by atoms with Crippen molar-refractivity contribution in [3.8, 4) is 0 Å². The predicted octanol–water partition coefficient (Wildman–Crippen LogP) is -0.127. The Hall–Kier alpha value is -1.34. The van der Waals surface area contributed by atoms with Gasteiger partial charge in [-0.05, 0) is 54.0 Å². The number of hydrogen-bond donors (Lipinski definition) is 2. The monoisotopic (exact) mass is 300 g/mol. The molecule has 1 unspecified atom stereocenters. The van der Waals surface area contributed by atoms with Crippen molar-refractivity contribution < 1.29 is 14.3 Å². The van der Waals surface area contributed by atoms with Gasteiger partial charge in [0, 0.05) is 12.1 Å². The van der Waals surface area contributed by atoms with E-state index in [2.05, 4.69) is 32.2 Å². The van der Waals surface area contributed by atoms with E-state index < -0.39 is 12.1 Å². The van der Waals surface area contributed by atoms with Crippen LogP contribution < -0.4 is 10.6 Å². The number of ether oxygens (including phenoxy) is 1. The normalized spacial score (nSPS) is 19.9. The summed E-state index contributed by atoms with van der Waals surface area (Å²) in [6.45, 7) is 4.26. The summed E-state index contributed by atoms with van der Waals surface area (Å²) >= 11 is 0. The van der Waals surface area contributed by atoms with E-state index in [0.29, 0.717) is 6.54 Å². The second-order valence-corrected chi connectivity index (χ2v) is 6.00. The van der Waals surface area contributed by atoms with Crippen LogP contribution in [0.25, 0.3) is 0 Å². The van der Waals surface area contributed by atoms with Crippen LogP contribution in [0.4, 0.5) is 4.79 Å². The predicted molar refractivity (Wildman–Crippen MR) is 81.2 cm³/mol. The number of amides is 2. The van der Waals surface area contributed by atoms with Crippen LogP contribution in [0.1, 0.15) is 19.8 Å². The Balaban J connectivity index is 2.54. The number of hydrogen-bond acceptors (Lipinski definition) is 5. The highest BCUT2D eigenvalue weighted by atomic mass is 16.5. The number of carbonyl (C=O) groups is 2. The van der Waals surface area contributed by atoms with Gasteiger partial charge in [0.2, 0.25) is 5.91 Å². The topological polar surface area (TPSA) is 73.9 Å². The van der Waals surface area contributed by atoms with Gasteiger partial charge in [0.15, 0.2) is 0 Å². The molecule has 1 rings (SSSR count). The number of carbonyl (C=O) groups excluding carboxylic acids is 2. The summed E-state index contributed by atoms with van der Waals surface area (Å²) in [7, 11) is 7.49. The summed E-state index contributed by atoms with van der Waals surface area (Å²) in [5.74, 6) is -0.194. The van der Waals surface area contributed by atoms with Gasteiger partial charge in [-0.1, -0.05) is 0 Å². The highest BCUT2D eigenvalue weighted by Gasteiger charge is 2.36. The fourth-order valence-electron chi connectivity index (χ4n) is 2.52. The first kappa shape index (κ1) is 17.7. The number of methoxy groups -OCH3 is 1. The van der Waals surface area contributed by atoms with Crippen LogP contribution in [0.2, 0.25) is 0 Å². The molecule has 0 aliphatic carbocycles. The smallest absolute Gasteiger partial charge is 0.407 e. The Morgan fingerprint density at radius 2 is 1.90 bits per heavy atom. The molecule has 1 atom stereocenters. The van der Waals surface area contributed by atoms with E-state index in [1.165, 1.54) is 7.11 Å². The van der Waals surface area contributed by atoms with Crippen molar-refractivity contribution in [2.24, 2.45) is 0 Å². The first-order valence-corrected chi connectivity index (χ1v) is 7.29. The third-order valence-corrected chi connectivity index (χ3v) is 4.37. The molecule has 0 radical (unpaired) electrons. The molecule has 0 spiro atoms. The Morgan fingerprint density at radius 3 is 2.38 bits per heavy atom. The Bertz CT molecular complexity index is 365. The van der Waals surface area contributed by atoms with Crippen LogP contribution in [0.15, 0.2) is 0 Å². The van der Waals surface area contributed by atoms with Crippen LogP contribution in [-0.4, -0.2) is 81.3 Å². The summed E-state index contributed by atoms with van der Waals surface area (Å²) in [6, 6.07) is -0.608. The molecule has 1 heterocycles. The molecule has 2 N–H and O–H groups in total. The largest absolute Gasteiger partial charge is 0.453 e. The summed E-state index contributed by atoms with van der Waals surface area (Å²) in [4.78, 5) is 27.7. The molecular formula is C14H28N4O3. The van der Waals surface area contributed by atoms with Crippen molar-refractivity contribution in [3.05, 3.63) is 0 Å². The van der Waals surface area contributed by atoms with Gasteiger partial charge in [-0.2, -0.15) is 0 Å². The lowest BCUT2D eigenvalue weighted by Crippen LogP contribution is -2.59. The van der Waals surface area contributed by atoms with Crippen LogP contribution in [0, 0.1) is 0 Å². The SMILES string of the molecule is COC(=O)NC(C)C(=O)NCC1(N(C)C)CCN(C)CC1. The number of rotatable bonds is 5. The van der Waals surface area contributed by atoms with Gasteiger partial charge >= 0.3 is 6.09 Å². The van der Waals surface area contributed by atoms with E-state index in [-0.39, 0.29) is 11.4 Å². The van der Waals surface area contributed by atoms with Gasteiger partial charge in [0.05, 0.1) is 7.11 Å². The zero-order valence-electron chi connectivity index (χ0n) is 13.7. The van der Waals surface area contributed by atoms with Crippen molar-refractivity contribution >= 4 is 12.0 Å². The van der Waals surface area contributed by atoms with Crippen LogP contribution >= 0.6 is 0 Å². The van der Waals surface area contributed by atoms with Gasteiger partial charge in [-0.25, -0.2) is 4.79 Å². The number of nitrogens with one attached hydrogen (secondary N) is 2. The van der Waals surface area contributed by atoms with Gasteiger partial charge in [-0.15, -0.1) is 0 Å². The average molecular weight is 300 g/mol. The van der Waals surface area contributed by atoms with Crippen molar-refractivity contribution in [2.45, 2.75) is 31.3 Å². The first-order valence-electron chi connectivity index (χ1n) is 7.29. The molecule has 1 saturated heterocycles. The molecule has 0 aromatic carbocycles. The summed E-state index contributed by atoms with van der Waals surface area (Å²) in [6.07, 6.45) is 1.42. The lowest BCUT2D eigenvalue weighted by atomic mass is 9.86. The summed E-state index contributed by atoms with van der Waals surface area (Å²) < 4.78 is 4.49. The number of alkyl carbamates (subject to hydrolysis) is 1. The summed E-state index contributed by atoms with van der Waals surface area (Å²) in [5, 5.41) is 5.42. The highest BCUT2D eigenvalue weighted by molar-refractivity contribution is 5.85. The Morgan fingerprint density at radius 1 is 1.33 bits per heavy atom. The second kappa shape index (κ2) is 7.61. The van der Waals surface area contributed by atoms with Crippen LogP contribution in [-0.2, 0) is 9.53 Å². The van der Waals surface area contributed by atoms with Crippen molar-refractivity contribution in [3.63, 3.8) is 0 Å². The molecular weight excluding hydrogens is 272 g/mol. The number of likely N-dealkylation sites (N-methyl/N-ethyl adjacent to an activating group) is 1. The quantitative estimate of drug-likeness (QED) is 0.740. The van der Waals surface area contributed by atoms with Crippen molar-refractivity contribution in [2.75, 3.05) is 47.9 Å². The van der Waals surface area contributed by atoms with Gasteiger partial charge in [-0.3, -0.25) is 4.79 Å². The van der Waals surface area contributed by atoms with Crippen LogP contribution in [0.3, 0.4) is 0 Å². The third kappa shape index (κ3) is 4.86. The average Bonchev–Trinajstić information content (AvgIpc) is 2.46. The van der Waals surface area contributed by atoms with E-state index in [1.807, 2.05) is 14.1 Å². The van der Waals surface area contributed by atoms with Crippen molar-refractivity contribution in [1.82, 2.24) is 20.4 Å². The molecule has 1 fully saturated rings. The van der Waals surface area contributed by atoms with E-state index in [0.717, 1.165) is 25.9 Å². The van der Waals surface area contributed by atoms with Gasteiger partial charge in [0.1, 0.15) is 6.04 Å². The molecule has 0 aromatic rings. The summed E-state index contributed by atoms with van der Waals surface area (Å²) in [5.41, 5.74) is -0.0207. The van der Waals surface area contributed by atoms with E-state index in [9.17, 15) is 9.59 Å². The zero-order chi connectivity index (χ0) is 16.0. The third-order valence-electron chi connectivity index (χ3n) is 4.37. The fourth-order valence-corrected chi connectivity index (χ4v) is 2.52. The first-order chi connectivity index (χ1) is 9.80. The maximum atomic E-state index is 12.1. The molecule has 21 heavy (non-hydrogen) atoms. The molecule has 0 bridgehead atoms. The standard InChI is InChI=1S/C14H28N4O3/c1-11(16-13(20)21-5)12(19)15-10-14(17(2)3)6-8-18(4)9-7-14/h11H,6-10H2,1-5H3,(H,15,19)(H,16,20). The molecule has 1 aliphatic rings. The number of likely N-dealkylation sites (tertiary alicyclic amines) is 1. The molecule has 0 saturated carbocycles. The van der Waals surface area contributed by atoms with E-state index >= 15 is 0 Å². The molecule has 1 aliphatic heterocycles. The minimum Gasteiger partial charge on any atom is -0.453 e. The lowest BCUT2D eigenvalue weighted by molar-refractivity contribution is -0.123. The number of piperidine rings is 1. The molecule has 0 aromatic heterocycles.